The van der Waals surface area contributed by atoms with Gasteiger partial charge in [-0.3, -0.25) is 0 Å². The number of nitrogens with zero attached hydrogens (tertiary/aromatic N) is 3. The number of rotatable bonds is 5. The molecule has 2 aromatic rings. The van der Waals surface area contributed by atoms with Gasteiger partial charge in [-0.25, -0.2) is 0 Å². The number of ether oxygens (including phenoxy) is 1. The first-order valence-corrected chi connectivity index (χ1v) is 9.85. The van der Waals surface area contributed by atoms with E-state index in [1.165, 1.54) is 6.07 Å². The summed E-state index contributed by atoms with van der Waals surface area (Å²) >= 11 is 11.6. The van der Waals surface area contributed by atoms with Gasteiger partial charge in [-0.15, -0.1) is 0 Å². The van der Waals surface area contributed by atoms with E-state index in [-0.39, 0.29) is 29.4 Å². The van der Waals surface area contributed by atoms with Crippen molar-refractivity contribution in [1.82, 2.24) is 9.78 Å². The average Bonchev–Trinajstić information content (AvgIpc) is 3.22. The van der Waals surface area contributed by atoms with E-state index >= 15 is 0 Å². The Hall–Kier alpha value is -1.70. The number of halogens is 7. The summed E-state index contributed by atoms with van der Waals surface area (Å²) in [5, 5.41) is 11.4. The maximum absolute atomic E-state index is 13.0. The zero-order valence-corrected chi connectivity index (χ0v) is 15.1. The standard InChI is InChI=1S/C14H10Cl2F5N3OS/c15-11-4-10(26(17,18,19,20)21)5-12(16)14(11)24-13(3-9(6-22)23-24)25-7-8-1-2-8/h3-5,8H,1-2,7H2. The fraction of sp³-hybridized carbons (Fsp3) is 0.286. The van der Waals surface area contributed by atoms with Gasteiger partial charge in [0.25, 0.3) is 0 Å². The Bertz CT molecular complexity index is 912. The number of aromatic nitrogens is 2. The molecule has 1 fully saturated rings. The largest absolute Gasteiger partial charge is 0.477 e. The lowest BCUT2D eigenvalue weighted by Gasteiger charge is -2.40. The topological polar surface area (TPSA) is 50.8 Å². The zero-order valence-electron chi connectivity index (χ0n) is 12.7. The van der Waals surface area contributed by atoms with Crippen molar-refractivity contribution in [3.8, 4) is 17.6 Å². The molecule has 1 aromatic heterocycles. The van der Waals surface area contributed by atoms with Crippen LogP contribution in [0.2, 0.25) is 10.0 Å². The lowest BCUT2D eigenvalue weighted by molar-refractivity contribution is 0.280. The van der Waals surface area contributed by atoms with Crippen LogP contribution in [0.1, 0.15) is 18.5 Å². The van der Waals surface area contributed by atoms with Crippen molar-refractivity contribution in [3.05, 3.63) is 33.9 Å². The Morgan fingerprint density at radius 2 is 1.73 bits per heavy atom. The summed E-state index contributed by atoms with van der Waals surface area (Å²) in [5.41, 5.74) is -0.383. The van der Waals surface area contributed by atoms with Gasteiger partial charge >= 0.3 is 10.2 Å². The summed E-state index contributed by atoms with van der Waals surface area (Å²) in [4.78, 5) is -2.21. The SMILES string of the molecule is N#Cc1cc(OCC2CC2)n(-c2c(Cl)cc(S(F)(F)(F)(F)F)cc2Cl)n1. The van der Waals surface area contributed by atoms with Crippen molar-refractivity contribution in [2.45, 2.75) is 17.7 Å². The van der Waals surface area contributed by atoms with E-state index in [9.17, 15) is 19.4 Å². The summed E-state index contributed by atoms with van der Waals surface area (Å²) < 4.78 is 71.4. The molecule has 1 saturated carbocycles. The molecule has 1 heterocycles. The van der Waals surface area contributed by atoms with Crippen LogP contribution in [0.4, 0.5) is 19.4 Å². The minimum Gasteiger partial charge on any atom is -0.477 e. The van der Waals surface area contributed by atoms with Crippen molar-refractivity contribution in [2.24, 2.45) is 5.92 Å². The van der Waals surface area contributed by atoms with Gasteiger partial charge in [-0.1, -0.05) is 42.6 Å². The Kier molecular flexibility index (Phi) is 3.96. The predicted molar refractivity (Wildman–Crippen MR) is 87.9 cm³/mol. The molecular formula is C14H10Cl2F5N3OS. The van der Waals surface area contributed by atoms with Crippen LogP contribution in [0.3, 0.4) is 0 Å². The molecule has 0 spiro atoms. The van der Waals surface area contributed by atoms with Gasteiger partial charge in [0.1, 0.15) is 16.7 Å². The van der Waals surface area contributed by atoms with Crippen molar-refractivity contribution in [3.63, 3.8) is 0 Å². The third-order valence-electron chi connectivity index (χ3n) is 3.60. The molecule has 3 rings (SSSR count). The van der Waals surface area contributed by atoms with Crippen molar-refractivity contribution in [2.75, 3.05) is 6.61 Å². The van der Waals surface area contributed by atoms with Crippen LogP contribution >= 0.6 is 33.4 Å². The van der Waals surface area contributed by atoms with Gasteiger partial charge in [-0.05, 0) is 30.9 Å². The smallest absolute Gasteiger partial charge is 0.310 e. The molecule has 1 aromatic carbocycles. The van der Waals surface area contributed by atoms with E-state index in [4.69, 9.17) is 33.2 Å². The highest BCUT2D eigenvalue weighted by Crippen LogP contribution is 3.02. The first-order valence-electron chi connectivity index (χ1n) is 7.15. The summed E-state index contributed by atoms with van der Waals surface area (Å²) in [6, 6.07) is 3.18. The number of benzene rings is 1. The summed E-state index contributed by atoms with van der Waals surface area (Å²) in [6.07, 6.45) is 1.94. The molecular weight excluding hydrogens is 424 g/mol. The maximum atomic E-state index is 13.0. The van der Waals surface area contributed by atoms with E-state index < -0.39 is 25.2 Å². The van der Waals surface area contributed by atoms with Gasteiger partial charge in [0.2, 0.25) is 5.88 Å². The first kappa shape index (κ1) is 19.1. The highest BCUT2D eigenvalue weighted by molar-refractivity contribution is 8.45. The Balaban J connectivity index is 2.10. The molecule has 12 heteroatoms. The monoisotopic (exact) mass is 433 g/mol. The van der Waals surface area contributed by atoms with Gasteiger partial charge in [0, 0.05) is 6.07 Å². The molecule has 1 aliphatic rings. The van der Waals surface area contributed by atoms with Gasteiger partial charge in [0.05, 0.1) is 16.7 Å². The fourth-order valence-electron chi connectivity index (χ4n) is 2.14. The van der Waals surface area contributed by atoms with Crippen LogP contribution in [0.25, 0.3) is 5.69 Å². The lowest BCUT2D eigenvalue weighted by Crippen LogP contribution is -2.09. The molecule has 0 saturated heterocycles. The minimum absolute atomic E-state index is 0.0253. The van der Waals surface area contributed by atoms with Crippen molar-refractivity contribution in [1.29, 1.82) is 5.26 Å². The predicted octanol–water partition coefficient (Wildman–Crippen LogP) is 6.50. The van der Waals surface area contributed by atoms with Crippen molar-refractivity contribution < 1.29 is 24.2 Å². The minimum atomic E-state index is -9.95. The van der Waals surface area contributed by atoms with Crippen LogP contribution in [0.5, 0.6) is 5.88 Å². The third-order valence-corrected chi connectivity index (χ3v) is 5.31. The van der Waals surface area contributed by atoms with E-state index in [0.29, 0.717) is 12.5 Å². The Morgan fingerprint density at radius 1 is 1.15 bits per heavy atom. The molecule has 1 aliphatic carbocycles. The van der Waals surface area contributed by atoms with Crippen LogP contribution in [0.15, 0.2) is 23.1 Å². The highest BCUT2D eigenvalue weighted by Gasteiger charge is 2.65. The zero-order chi connectivity index (χ0) is 19.4. The number of hydrogen-bond acceptors (Lipinski definition) is 3. The molecule has 0 aliphatic heterocycles. The molecule has 26 heavy (non-hydrogen) atoms. The van der Waals surface area contributed by atoms with Gasteiger partial charge in [-0.2, -0.15) is 15.0 Å². The van der Waals surface area contributed by atoms with Crippen LogP contribution in [0, 0.1) is 17.2 Å². The molecule has 0 radical (unpaired) electrons. The van der Waals surface area contributed by atoms with Gasteiger partial charge in [0.15, 0.2) is 5.69 Å². The second-order valence-corrected chi connectivity index (χ2v) is 9.07. The second kappa shape index (κ2) is 5.41. The van der Waals surface area contributed by atoms with Crippen LogP contribution in [-0.2, 0) is 0 Å². The summed E-state index contributed by atoms with van der Waals surface area (Å²) in [6.45, 7) is 0.315. The van der Waals surface area contributed by atoms with E-state index in [0.717, 1.165) is 17.5 Å². The molecule has 142 valence electrons. The first-order chi connectivity index (χ1) is 11.8. The van der Waals surface area contributed by atoms with E-state index in [1.54, 1.807) is 6.07 Å². The van der Waals surface area contributed by atoms with Crippen LogP contribution in [-0.4, -0.2) is 16.4 Å². The van der Waals surface area contributed by atoms with Crippen molar-refractivity contribution >= 4 is 33.4 Å². The normalized spacial score (nSPS) is 17.3. The second-order valence-electron chi connectivity index (χ2n) is 5.85. The molecule has 0 atom stereocenters. The van der Waals surface area contributed by atoms with Gasteiger partial charge < -0.3 is 4.74 Å². The average molecular weight is 434 g/mol. The molecule has 0 amide bonds. The highest BCUT2D eigenvalue weighted by atomic mass is 35.5. The Labute approximate surface area is 154 Å². The third kappa shape index (κ3) is 4.00. The lowest BCUT2D eigenvalue weighted by atomic mass is 10.3. The fourth-order valence-corrected chi connectivity index (χ4v) is 3.59. The van der Waals surface area contributed by atoms with E-state index in [1.807, 2.05) is 0 Å². The van der Waals surface area contributed by atoms with Crippen LogP contribution < -0.4 is 4.74 Å². The number of nitriles is 1. The summed E-state index contributed by atoms with van der Waals surface area (Å²) in [5.74, 6) is 0.364. The quantitative estimate of drug-likeness (QED) is 0.505. The molecule has 4 nitrogen and oxygen atoms in total. The molecule has 0 bridgehead atoms. The maximum Gasteiger partial charge on any atom is 0.310 e. The summed E-state index contributed by atoms with van der Waals surface area (Å²) in [7, 11) is -9.95. The molecule has 0 unspecified atom stereocenters. The molecule has 0 N–H and O–H groups in total. The Morgan fingerprint density at radius 3 is 2.19 bits per heavy atom. The van der Waals surface area contributed by atoms with E-state index in [2.05, 4.69) is 5.10 Å². The number of hydrogen-bond donors (Lipinski definition) is 0.